The number of hydrogen-bond acceptors (Lipinski definition) is 5. The van der Waals surface area contributed by atoms with Crippen LogP contribution in [0.4, 0.5) is 10.5 Å². The molecule has 2 heterocycles. The Bertz CT molecular complexity index is 667. The first-order chi connectivity index (χ1) is 14.1. The normalized spacial score (nSPS) is 27.9. The number of nitrogens with one attached hydrogen (secondary N) is 1. The third kappa shape index (κ3) is 5.34. The molecule has 7 nitrogen and oxygen atoms in total. The molecular weight excluding hydrogens is 370 g/mol. The van der Waals surface area contributed by atoms with Gasteiger partial charge in [-0.05, 0) is 61.8 Å². The maximum absolute atomic E-state index is 11.2. The number of benzene rings is 1. The molecular formula is C22H33N3O4. The van der Waals surface area contributed by atoms with E-state index in [4.69, 9.17) is 9.47 Å². The molecule has 3 fully saturated rings. The predicted molar refractivity (Wildman–Crippen MR) is 112 cm³/mol. The summed E-state index contributed by atoms with van der Waals surface area (Å²) >= 11 is 0. The number of likely N-dealkylation sites (tertiary alicyclic amines) is 1. The zero-order chi connectivity index (χ0) is 20.1. The highest BCUT2D eigenvalue weighted by Gasteiger charge is 2.42. The van der Waals surface area contributed by atoms with Crippen LogP contribution in [0.1, 0.15) is 32.1 Å². The summed E-state index contributed by atoms with van der Waals surface area (Å²) in [6.45, 7) is 6.66. The number of carbonyl (C=O) groups is 1. The summed E-state index contributed by atoms with van der Waals surface area (Å²) in [4.78, 5) is 15.2. The molecule has 2 N–H and O–H groups in total. The lowest BCUT2D eigenvalue weighted by molar-refractivity contribution is 0.0322. The van der Waals surface area contributed by atoms with Gasteiger partial charge in [0.05, 0.1) is 13.2 Å². The van der Waals surface area contributed by atoms with Gasteiger partial charge in [-0.15, -0.1) is 0 Å². The number of hydrogen-bond donors (Lipinski definition) is 2. The van der Waals surface area contributed by atoms with E-state index in [1.54, 1.807) is 4.90 Å². The summed E-state index contributed by atoms with van der Waals surface area (Å²) in [6.07, 6.45) is 4.67. The van der Waals surface area contributed by atoms with E-state index in [2.05, 4.69) is 22.3 Å². The van der Waals surface area contributed by atoms with Crippen molar-refractivity contribution >= 4 is 11.8 Å². The van der Waals surface area contributed by atoms with Crippen LogP contribution in [-0.4, -0.2) is 79.6 Å². The molecule has 2 saturated heterocycles. The lowest BCUT2D eigenvalue weighted by Gasteiger charge is -2.37. The van der Waals surface area contributed by atoms with E-state index in [0.717, 1.165) is 76.4 Å². The van der Waals surface area contributed by atoms with Crippen LogP contribution < -0.4 is 10.1 Å². The van der Waals surface area contributed by atoms with Crippen molar-refractivity contribution in [1.82, 2.24) is 9.80 Å². The fourth-order valence-electron chi connectivity index (χ4n) is 4.88. The van der Waals surface area contributed by atoms with Crippen molar-refractivity contribution in [3.63, 3.8) is 0 Å². The number of carboxylic acid groups (broad SMARTS) is 1. The van der Waals surface area contributed by atoms with Gasteiger partial charge in [0.2, 0.25) is 0 Å². The Balaban J connectivity index is 1.18. The molecule has 7 heteroatoms. The van der Waals surface area contributed by atoms with Gasteiger partial charge >= 0.3 is 6.09 Å². The zero-order valence-electron chi connectivity index (χ0n) is 17.1. The molecule has 1 spiro atoms. The molecule has 0 radical (unpaired) electrons. The summed E-state index contributed by atoms with van der Waals surface area (Å²) in [7, 11) is 0. The Morgan fingerprint density at radius 3 is 2.52 bits per heavy atom. The smallest absolute Gasteiger partial charge is 0.407 e. The first-order valence-electron chi connectivity index (χ1n) is 10.9. The van der Waals surface area contributed by atoms with Crippen LogP contribution in [0.5, 0.6) is 5.75 Å². The monoisotopic (exact) mass is 403 g/mol. The molecule has 1 amide bonds. The Morgan fingerprint density at radius 1 is 1.14 bits per heavy atom. The molecule has 1 aliphatic carbocycles. The molecule has 2 aliphatic heterocycles. The average molecular weight is 404 g/mol. The second-order valence-electron chi connectivity index (χ2n) is 8.70. The first kappa shape index (κ1) is 20.3. The Labute approximate surface area is 173 Å². The quantitative estimate of drug-likeness (QED) is 0.760. The highest BCUT2D eigenvalue weighted by Crippen LogP contribution is 2.44. The topological polar surface area (TPSA) is 74.3 Å². The van der Waals surface area contributed by atoms with Crippen molar-refractivity contribution in [2.75, 3.05) is 57.9 Å². The molecule has 0 atom stereocenters. The summed E-state index contributed by atoms with van der Waals surface area (Å²) in [5.74, 6) is 0.908. The number of morpholine rings is 1. The van der Waals surface area contributed by atoms with Gasteiger partial charge in [0.1, 0.15) is 12.4 Å². The van der Waals surface area contributed by atoms with E-state index in [1.165, 1.54) is 0 Å². The van der Waals surface area contributed by atoms with Gasteiger partial charge < -0.3 is 24.8 Å². The first-order valence-corrected chi connectivity index (χ1v) is 10.9. The van der Waals surface area contributed by atoms with Crippen LogP contribution in [0.3, 0.4) is 0 Å². The van der Waals surface area contributed by atoms with Crippen LogP contribution in [0.2, 0.25) is 0 Å². The molecule has 1 aromatic rings. The van der Waals surface area contributed by atoms with Crippen molar-refractivity contribution in [2.24, 2.45) is 5.41 Å². The van der Waals surface area contributed by atoms with Crippen molar-refractivity contribution in [1.29, 1.82) is 0 Å². The minimum atomic E-state index is -0.769. The highest BCUT2D eigenvalue weighted by atomic mass is 16.5. The average Bonchev–Trinajstić information content (AvgIpc) is 3.16. The van der Waals surface area contributed by atoms with E-state index in [1.807, 2.05) is 12.1 Å². The molecule has 0 unspecified atom stereocenters. The minimum Gasteiger partial charge on any atom is -0.492 e. The van der Waals surface area contributed by atoms with Crippen molar-refractivity contribution in [3.05, 3.63) is 24.3 Å². The summed E-state index contributed by atoms with van der Waals surface area (Å²) in [6, 6.07) is 8.72. The molecule has 1 aromatic carbocycles. The summed E-state index contributed by atoms with van der Waals surface area (Å²) in [5.41, 5.74) is 1.35. The number of amides is 1. The van der Waals surface area contributed by atoms with E-state index in [0.29, 0.717) is 25.7 Å². The van der Waals surface area contributed by atoms with E-state index >= 15 is 0 Å². The molecule has 0 bridgehead atoms. The predicted octanol–water partition coefficient (Wildman–Crippen LogP) is 3.12. The van der Waals surface area contributed by atoms with Gasteiger partial charge in [0.15, 0.2) is 0 Å². The van der Waals surface area contributed by atoms with Gasteiger partial charge in [0, 0.05) is 44.5 Å². The highest BCUT2D eigenvalue weighted by molar-refractivity contribution is 5.65. The molecule has 29 heavy (non-hydrogen) atoms. The standard InChI is InChI=1S/C22H33N3O4/c26-21(27)25-10-9-22(17-25)7-5-19(6-8-22)23-18-1-3-20(4-2-18)29-16-13-24-11-14-28-15-12-24/h1-4,19,23H,5-17H2,(H,26,27). The second-order valence-corrected chi connectivity index (χ2v) is 8.70. The van der Waals surface area contributed by atoms with E-state index < -0.39 is 6.09 Å². The fourth-order valence-corrected chi connectivity index (χ4v) is 4.88. The fraction of sp³-hybridized carbons (Fsp3) is 0.682. The summed E-state index contributed by atoms with van der Waals surface area (Å²) in [5, 5.41) is 12.9. The lowest BCUT2D eigenvalue weighted by atomic mass is 9.72. The van der Waals surface area contributed by atoms with Crippen LogP contribution >= 0.6 is 0 Å². The van der Waals surface area contributed by atoms with Crippen LogP contribution in [0.25, 0.3) is 0 Å². The van der Waals surface area contributed by atoms with E-state index in [9.17, 15) is 9.90 Å². The van der Waals surface area contributed by atoms with Crippen molar-refractivity contribution in [2.45, 2.75) is 38.1 Å². The number of ether oxygens (including phenoxy) is 2. The van der Waals surface area contributed by atoms with Gasteiger partial charge in [-0.1, -0.05) is 0 Å². The molecule has 1 saturated carbocycles. The Morgan fingerprint density at radius 2 is 1.86 bits per heavy atom. The number of nitrogens with zero attached hydrogens (tertiary/aromatic N) is 2. The third-order valence-electron chi connectivity index (χ3n) is 6.76. The maximum atomic E-state index is 11.2. The van der Waals surface area contributed by atoms with Gasteiger partial charge in [0.25, 0.3) is 0 Å². The van der Waals surface area contributed by atoms with Crippen LogP contribution in [-0.2, 0) is 4.74 Å². The van der Waals surface area contributed by atoms with Gasteiger partial charge in [-0.25, -0.2) is 4.79 Å². The third-order valence-corrected chi connectivity index (χ3v) is 6.76. The van der Waals surface area contributed by atoms with E-state index in [-0.39, 0.29) is 5.41 Å². The largest absolute Gasteiger partial charge is 0.492 e. The van der Waals surface area contributed by atoms with Crippen LogP contribution in [0, 0.1) is 5.41 Å². The van der Waals surface area contributed by atoms with Gasteiger partial charge in [-0.2, -0.15) is 0 Å². The zero-order valence-corrected chi connectivity index (χ0v) is 17.1. The maximum Gasteiger partial charge on any atom is 0.407 e. The Hall–Kier alpha value is -1.99. The van der Waals surface area contributed by atoms with Crippen LogP contribution in [0.15, 0.2) is 24.3 Å². The van der Waals surface area contributed by atoms with Crippen molar-refractivity contribution in [3.8, 4) is 5.75 Å². The number of anilines is 1. The lowest BCUT2D eigenvalue weighted by Crippen LogP contribution is -2.38. The molecule has 4 rings (SSSR count). The number of rotatable bonds is 6. The molecule has 0 aromatic heterocycles. The van der Waals surface area contributed by atoms with Gasteiger partial charge in [-0.3, -0.25) is 4.90 Å². The summed E-state index contributed by atoms with van der Waals surface area (Å²) < 4.78 is 11.2. The minimum absolute atomic E-state index is 0.217. The SMILES string of the molecule is O=C(O)N1CCC2(CCC(Nc3ccc(OCCN4CCOCC4)cc3)CC2)C1. The van der Waals surface area contributed by atoms with Crippen molar-refractivity contribution < 1.29 is 19.4 Å². The molecule has 3 aliphatic rings. The molecule has 160 valence electrons. The second kappa shape index (κ2) is 9.22. The Kier molecular flexibility index (Phi) is 6.45.